The van der Waals surface area contributed by atoms with Gasteiger partial charge >= 0.3 is 11.7 Å². The predicted octanol–water partition coefficient (Wildman–Crippen LogP) is 1.17. The highest BCUT2D eigenvalue weighted by molar-refractivity contribution is 6.33. The zero-order valence-electron chi connectivity index (χ0n) is 9.82. The number of benzene rings is 1. The molecule has 7 heteroatoms. The van der Waals surface area contributed by atoms with Gasteiger partial charge in [-0.05, 0) is 18.2 Å². The summed E-state index contributed by atoms with van der Waals surface area (Å²) in [5.41, 5.74) is -0.452. The maximum absolute atomic E-state index is 11.7. The fourth-order valence-electron chi connectivity index (χ4n) is 1.59. The van der Waals surface area contributed by atoms with E-state index < -0.39 is 17.2 Å². The van der Waals surface area contributed by atoms with E-state index in [1.165, 1.54) is 31.5 Å². The molecular formula is C12H9ClN2O4. The lowest BCUT2D eigenvalue weighted by molar-refractivity contribution is 0.0601. The number of carbonyl (C=O) groups is 1. The van der Waals surface area contributed by atoms with Crippen LogP contribution in [0.25, 0.3) is 11.1 Å². The molecule has 0 unspecified atom stereocenters. The van der Waals surface area contributed by atoms with Crippen LogP contribution in [0.5, 0.6) is 0 Å². The number of nitrogens with one attached hydrogen (secondary N) is 2. The second-order valence-electron chi connectivity index (χ2n) is 3.67. The lowest BCUT2D eigenvalue weighted by Crippen LogP contribution is -2.22. The number of aromatic amines is 2. The molecule has 1 heterocycles. The molecule has 2 aromatic rings. The van der Waals surface area contributed by atoms with Crippen molar-refractivity contribution in [1.82, 2.24) is 9.97 Å². The van der Waals surface area contributed by atoms with Gasteiger partial charge in [0, 0.05) is 16.8 Å². The van der Waals surface area contributed by atoms with Crippen LogP contribution >= 0.6 is 11.6 Å². The molecular weight excluding hydrogens is 272 g/mol. The van der Waals surface area contributed by atoms with E-state index in [4.69, 9.17) is 11.6 Å². The molecule has 0 fully saturated rings. The fourth-order valence-corrected chi connectivity index (χ4v) is 1.81. The number of hydrogen-bond donors (Lipinski definition) is 2. The summed E-state index contributed by atoms with van der Waals surface area (Å²) < 4.78 is 4.59. The second kappa shape index (κ2) is 5.11. The van der Waals surface area contributed by atoms with E-state index in [0.29, 0.717) is 5.56 Å². The normalized spacial score (nSPS) is 10.2. The average molecular weight is 281 g/mol. The van der Waals surface area contributed by atoms with Crippen LogP contribution in [0.15, 0.2) is 34.0 Å². The van der Waals surface area contributed by atoms with Crippen LogP contribution in [0.2, 0.25) is 5.02 Å². The lowest BCUT2D eigenvalue weighted by atomic mass is 10.1. The fraction of sp³-hybridized carbons (Fsp3) is 0.0833. The molecule has 0 spiro atoms. The second-order valence-corrected chi connectivity index (χ2v) is 4.08. The van der Waals surface area contributed by atoms with E-state index in [9.17, 15) is 14.4 Å². The maximum atomic E-state index is 11.7. The number of aromatic nitrogens is 2. The van der Waals surface area contributed by atoms with Crippen molar-refractivity contribution >= 4 is 17.6 Å². The van der Waals surface area contributed by atoms with Gasteiger partial charge in [-0.2, -0.15) is 0 Å². The Balaban J connectivity index is 2.64. The van der Waals surface area contributed by atoms with Gasteiger partial charge in [0.15, 0.2) is 0 Å². The highest BCUT2D eigenvalue weighted by atomic mass is 35.5. The zero-order chi connectivity index (χ0) is 14.0. The Morgan fingerprint density at radius 3 is 2.63 bits per heavy atom. The average Bonchev–Trinajstić information content (AvgIpc) is 2.39. The first-order valence-corrected chi connectivity index (χ1v) is 5.61. The van der Waals surface area contributed by atoms with Crippen molar-refractivity contribution in [1.29, 1.82) is 0 Å². The van der Waals surface area contributed by atoms with Crippen LogP contribution in [-0.2, 0) is 4.74 Å². The van der Waals surface area contributed by atoms with Crippen LogP contribution in [0.4, 0.5) is 0 Å². The summed E-state index contributed by atoms with van der Waals surface area (Å²) >= 11 is 5.99. The van der Waals surface area contributed by atoms with E-state index in [2.05, 4.69) is 14.7 Å². The van der Waals surface area contributed by atoms with Crippen molar-refractivity contribution in [2.24, 2.45) is 0 Å². The Hall–Kier alpha value is -2.34. The molecule has 0 amide bonds. The summed E-state index contributed by atoms with van der Waals surface area (Å²) in [5.74, 6) is -0.543. The molecule has 0 aliphatic heterocycles. The van der Waals surface area contributed by atoms with Gasteiger partial charge < -0.3 is 9.72 Å². The SMILES string of the molecule is COC(=O)c1ccc(Cl)c(-c2c[nH]c(=O)[nH]c2=O)c1. The van der Waals surface area contributed by atoms with Crippen molar-refractivity contribution < 1.29 is 9.53 Å². The molecule has 6 nitrogen and oxygen atoms in total. The number of H-pyrrole nitrogens is 2. The maximum Gasteiger partial charge on any atom is 0.337 e. The number of carbonyl (C=O) groups excluding carboxylic acids is 1. The zero-order valence-corrected chi connectivity index (χ0v) is 10.6. The number of esters is 1. The quantitative estimate of drug-likeness (QED) is 0.808. The van der Waals surface area contributed by atoms with Crippen molar-refractivity contribution in [2.45, 2.75) is 0 Å². The number of ether oxygens (including phenoxy) is 1. The van der Waals surface area contributed by atoms with Gasteiger partial charge in [0.05, 0.1) is 18.2 Å². The Morgan fingerprint density at radius 2 is 2.00 bits per heavy atom. The molecule has 2 N–H and O–H groups in total. The summed E-state index contributed by atoms with van der Waals surface area (Å²) in [5, 5.41) is 0.283. The summed E-state index contributed by atoms with van der Waals surface area (Å²) in [6.07, 6.45) is 1.24. The minimum absolute atomic E-state index is 0.162. The van der Waals surface area contributed by atoms with E-state index in [1.807, 2.05) is 0 Å². The number of halogens is 1. The number of hydrogen-bond acceptors (Lipinski definition) is 4. The highest BCUT2D eigenvalue weighted by Gasteiger charge is 2.13. The summed E-state index contributed by atoms with van der Waals surface area (Å²) in [7, 11) is 1.25. The molecule has 0 radical (unpaired) electrons. The van der Waals surface area contributed by atoms with Crippen LogP contribution in [0, 0.1) is 0 Å². The molecule has 1 aromatic heterocycles. The Morgan fingerprint density at radius 1 is 1.26 bits per heavy atom. The molecule has 0 saturated heterocycles. The summed E-state index contributed by atoms with van der Waals surface area (Å²) in [6, 6.07) is 4.39. The number of methoxy groups -OCH3 is 1. The van der Waals surface area contributed by atoms with Gasteiger partial charge in [0.1, 0.15) is 0 Å². The molecule has 0 bridgehead atoms. The lowest BCUT2D eigenvalue weighted by Gasteiger charge is -2.05. The van der Waals surface area contributed by atoms with Crippen LogP contribution in [0.3, 0.4) is 0 Å². The van der Waals surface area contributed by atoms with Crippen LogP contribution in [-0.4, -0.2) is 23.0 Å². The van der Waals surface area contributed by atoms with Crippen molar-refractivity contribution in [3.05, 3.63) is 55.8 Å². The summed E-state index contributed by atoms with van der Waals surface area (Å²) in [4.78, 5) is 38.5. The van der Waals surface area contributed by atoms with Gasteiger partial charge in [0.25, 0.3) is 5.56 Å². The van der Waals surface area contributed by atoms with E-state index in [1.54, 1.807) is 0 Å². The van der Waals surface area contributed by atoms with E-state index in [-0.39, 0.29) is 16.1 Å². The number of rotatable bonds is 2. The standard InChI is InChI=1S/C12H9ClN2O4/c1-19-11(17)6-2-3-9(13)7(4-6)8-5-14-12(18)15-10(8)16/h2-5H,1H3,(H2,14,15,16,18). The van der Waals surface area contributed by atoms with E-state index in [0.717, 1.165) is 0 Å². The van der Waals surface area contributed by atoms with Gasteiger partial charge in [-0.3, -0.25) is 9.78 Å². The van der Waals surface area contributed by atoms with Crippen molar-refractivity contribution in [3.63, 3.8) is 0 Å². The first kappa shape index (κ1) is 13.1. The molecule has 98 valence electrons. The molecule has 0 aliphatic carbocycles. The van der Waals surface area contributed by atoms with Crippen LogP contribution < -0.4 is 11.2 Å². The van der Waals surface area contributed by atoms with Gasteiger partial charge in [-0.1, -0.05) is 11.6 Å². The van der Waals surface area contributed by atoms with Gasteiger partial charge in [-0.15, -0.1) is 0 Å². The van der Waals surface area contributed by atoms with Crippen molar-refractivity contribution in [2.75, 3.05) is 7.11 Å². The third-order valence-electron chi connectivity index (χ3n) is 2.50. The molecule has 0 saturated carbocycles. The third-order valence-corrected chi connectivity index (χ3v) is 2.83. The topological polar surface area (TPSA) is 92.0 Å². The first-order chi connectivity index (χ1) is 9.02. The van der Waals surface area contributed by atoms with Gasteiger partial charge in [-0.25, -0.2) is 9.59 Å². The minimum Gasteiger partial charge on any atom is -0.465 e. The smallest absolute Gasteiger partial charge is 0.337 e. The molecule has 0 aliphatic rings. The highest BCUT2D eigenvalue weighted by Crippen LogP contribution is 2.26. The minimum atomic E-state index is -0.617. The summed E-state index contributed by atoms with van der Waals surface area (Å²) in [6.45, 7) is 0. The third kappa shape index (κ3) is 2.58. The van der Waals surface area contributed by atoms with Crippen molar-refractivity contribution in [3.8, 4) is 11.1 Å². The van der Waals surface area contributed by atoms with E-state index >= 15 is 0 Å². The molecule has 0 atom stereocenters. The Labute approximate surface area is 112 Å². The molecule has 19 heavy (non-hydrogen) atoms. The molecule has 2 rings (SSSR count). The molecule has 1 aromatic carbocycles. The van der Waals surface area contributed by atoms with Gasteiger partial charge in [0.2, 0.25) is 0 Å². The predicted molar refractivity (Wildman–Crippen MR) is 69.5 cm³/mol. The largest absolute Gasteiger partial charge is 0.465 e. The van der Waals surface area contributed by atoms with Crippen LogP contribution in [0.1, 0.15) is 10.4 Å². The Kier molecular flexibility index (Phi) is 3.52. The Bertz CT molecular complexity index is 748. The first-order valence-electron chi connectivity index (χ1n) is 5.23. The monoisotopic (exact) mass is 280 g/mol.